The lowest BCUT2D eigenvalue weighted by Gasteiger charge is -2.24. The van der Waals surface area contributed by atoms with E-state index in [2.05, 4.69) is 50.4 Å². The van der Waals surface area contributed by atoms with Crippen LogP contribution in [0.15, 0.2) is 60.8 Å². The molecule has 0 aliphatic rings. The summed E-state index contributed by atoms with van der Waals surface area (Å²) in [5.41, 5.74) is 0. The van der Waals surface area contributed by atoms with E-state index in [9.17, 15) is 19.8 Å². The van der Waals surface area contributed by atoms with Gasteiger partial charge in [-0.2, -0.15) is 0 Å². The molecule has 3 atom stereocenters. The van der Waals surface area contributed by atoms with E-state index in [0.717, 1.165) is 57.8 Å². The first-order valence-corrected chi connectivity index (χ1v) is 28.1. The minimum atomic E-state index is -0.806. The first-order valence-electron chi connectivity index (χ1n) is 28.1. The Morgan fingerprint density at radius 3 is 1.32 bits per heavy atom. The summed E-state index contributed by atoms with van der Waals surface area (Å²) in [6, 6.07) is -0.724. The molecule has 1 amide bonds. The molecule has 6 heteroatoms. The van der Waals surface area contributed by atoms with Crippen LogP contribution in [0.5, 0.6) is 0 Å². The normalized spacial score (nSPS) is 13.6. The number of hydrogen-bond acceptors (Lipinski definition) is 5. The van der Waals surface area contributed by atoms with Crippen molar-refractivity contribution in [1.82, 2.24) is 5.32 Å². The maximum absolute atomic E-state index is 13.2. The van der Waals surface area contributed by atoms with Gasteiger partial charge in [-0.15, -0.1) is 0 Å². The molecule has 0 heterocycles. The van der Waals surface area contributed by atoms with Gasteiger partial charge in [0.25, 0.3) is 0 Å². The summed E-state index contributed by atoms with van der Waals surface area (Å²) in [6.45, 7) is 6.34. The largest absolute Gasteiger partial charge is 0.462 e. The van der Waals surface area contributed by atoms with Crippen LogP contribution in [0.1, 0.15) is 278 Å². The predicted molar refractivity (Wildman–Crippen MR) is 282 cm³/mol. The zero-order valence-electron chi connectivity index (χ0n) is 43.1. The first kappa shape index (κ1) is 62.6. The van der Waals surface area contributed by atoms with Crippen LogP contribution in [-0.4, -0.2) is 46.9 Å². The van der Waals surface area contributed by atoms with Gasteiger partial charge in [0.05, 0.1) is 25.2 Å². The molecule has 0 rings (SSSR count). The summed E-state index contributed by atoms with van der Waals surface area (Å²) in [5.74, 6) is -0.538. The number of aliphatic hydroxyl groups excluding tert-OH is 2. The fourth-order valence-corrected chi connectivity index (χ4v) is 8.44. The Labute approximate surface area is 403 Å². The van der Waals surface area contributed by atoms with E-state index in [1.54, 1.807) is 0 Å². The van der Waals surface area contributed by atoms with Gasteiger partial charge < -0.3 is 20.3 Å². The van der Waals surface area contributed by atoms with Crippen molar-refractivity contribution in [2.24, 2.45) is 0 Å². The van der Waals surface area contributed by atoms with Crippen LogP contribution >= 0.6 is 0 Å². The fourth-order valence-electron chi connectivity index (χ4n) is 8.44. The number of unbranched alkanes of at least 4 members (excludes halogenated alkanes) is 31. The number of carbonyl (C=O) groups excluding carboxylic acids is 2. The second-order valence-corrected chi connectivity index (χ2v) is 19.0. The molecule has 0 bridgehead atoms. The Morgan fingerprint density at radius 1 is 0.462 bits per heavy atom. The van der Waals surface area contributed by atoms with Gasteiger partial charge in [-0.05, 0) is 64.2 Å². The number of rotatable bonds is 50. The van der Waals surface area contributed by atoms with Crippen molar-refractivity contribution in [3.05, 3.63) is 60.8 Å². The van der Waals surface area contributed by atoms with Gasteiger partial charge in [0.1, 0.15) is 6.10 Å². The quantitative estimate of drug-likeness (QED) is 0.0245. The molecule has 0 aromatic heterocycles. The monoisotopic (exact) mass is 910 g/mol. The number of ether oxygens (including phenoxy) is 1. The van der Waals surface area contributed by atoms with Crippen LogP contribution in [0.3, 0.4) is 0 Å². The molecule has 0 aliphatic carbocycles. The highest BCUT2D eigenvalue weighted by molar-refractivity contribution is 5.77. The molecule has 0 spiro atoms. The van der Waals surface area contributed by atoms with Gasteiger partial charge in [0.2, 0.25) is 5.91 Å². The number of aliphatic hydroxyl groups is 2. The fraction of sp³-hybridized carbons (Fsp3) is 0.797. The highest BCUT2D eigenvalue weighted by Gasteiger charge is 2.24. The maximum atomic E-state index is 13.2. The minimum absolute atomic E-state index is 0.0309. The predicted octanol–water partition coefficient (Wildman–Crippen LogP) is 17.2. The molecular formula is C59H107NO5. The van der Waals surface area contributed by atoms with Gasteiger partial charge >= 0.3 is 5.97 Å². The Hall–Kier alpha value is -2.44. The van der Waals surface area contributed by atoms with Crippen molar-refractivity contribution in [3.63, 3.8) is 0 Å². The van der Waals surface area contributed by atoms with Gasteiger partial charge in [-0.25, -0.2) is 0 Å². The van der Waals surface area contributed by atoms with Gasteiger partial charge in [-0.1, -0.05) is 261 Å². The third kappa shape index (κ3) is 47.8. The summed E-state index contributed by atoms with van der Waals surface area (Å²) in [6.07, 6.45) is 65.9. The molecular weight excluding hydrogens is 803 g/mol. The molecule has 6 nitrogen and oxygen atoms in total. The number of allylic oxidation sites excluding steroid dienone is 10. The molecule has 0 fully saturated rings. The first-order chi connectivity index (χ1) is 32.0. The number of amides is 1. The molecule has 0 aliphatic heterocycles. The number of esters is 1. The maximum Gasteiger partial charge on any atom is 0.306 e. The van der Waals surface area contributed by atoms with Crippen LogP contribution in [0.4, 0.5) is 0 Å². The number of carbonyl (C=O) groups is 2. The van der Waals surface area contributed by atoms with Crippen LogP contribution < -0.4 is 5.32 Å². The molecule has 3 unspecified atom stereocenters. The average molecular weight is 911 g/mol. The second kappa shape index (κ2) is 52.5. The summed E-state index contributed by atoms with van der Waals surface area (Å²) >= 11 is 0. The summed E-state index contributed by atoms with van der Waals surface area (Å²) in [7, 11) is 0. The lowest BCUT2D eigenvalue weighted by atomic mass is 10.0. The van der Waals surface area contributed by atoms with Gasteiger partial charge in [0.15, 0.2) is 0 Å². The highest BCUT2D eigenvalue weighted by Crippen LogP contribution is 2.18. The Bertz CT molecular complexity index is 1160. The Morgan fingerprint density at radius 2 is 0.862 bits per heavy atom. The standard InChI is InChI=1S/C59H107NO5/c1-4-7-10-13-16-19-22-24-26-28-29-30-32-34-37-40-43-46-49-52-59(64)65-55(50-47-44-41-38-35-21-18-15-12-9-6-3)53-58(63)60-56(54-61)57(62)51-48-45-42-39-36-33-31-27-25-23-20-17-14-11-8-5-2/h9,12,15,18,21,24,26,35,38,41,55-57,61-62H,4-8,10-11,13-14,16-17,19-20,22-23,25,27-34,36-37,39-40,42-54H2,1-3H3,(H,60,63)/b12-9+,18-15+,26-24+,35-21-,41-38-. The van der Waals surface area contributed by atoms with Crippen LogP contribution in [0.2, 0.25) is 0 Å². The number of nitrogens with one attached hydrogen (secondary N) is 1. The highest BCUT2D eigenvalue weighted by atomic mass is 16.5. The van der Waals surface area contributed by atoms with Crippen molar-refractivity contribution < 1.29 is 24.5 Å². The van der Waals surface area contributed by atoms with Crippen molar-refractivity contribution in [3.8, 4) is 0 Å². The van der Waals surface area contributed by atoms with E-state index >= 15 is 0 Å². The lowest BCUT2D eigenvalue weighted by Crippen LogP contribution is -2.46. The van der Waals surface area contributed by atoms with Crippen molar-refractivity contribution in [1.29, 1.82) is 0 Å². The zero-order valence-corrected chi connectivity index (χ0v) is 43.1. The van der Waals surface area contributed by atoms with E-state index in [1.807, 2.05) is 36.5 Å². The van der Waals surface area contributed by atoms with Crippen molar-refractivity contribution in [2.75, 3.05) is 6.61 Å². The molecule has 65 heavy (non-hydrogen) atoms. The Kier molecular flexibility index (Phi) is 50.6. The van der Waals surface area contributed by atoms with Crippen LogP contribution in [0.25, 0.3) is 0 Å². The van der Waals surface area contributed by atoms with E-state index in [1.165, 1.54) is 173 Å². The van der Waals surface area contributed by atoms with E-state index < -0.39 is 18.2 Å². The minimum Gasteiger partial charge on any atom is -0.462 e. The summed E-state index contributed by atoms with van der Waals surface area (Å²) < 4.78 is 5.91. The average Bonchev–Trinajstić information content (AvgIpc) is 3.30. The third-order valence-corrected chi connectivity index (χ3v) is 12.7. The number of hydrogen-bond donors (Lipinski definition) is 3. The Balaban J connectivity index is 4.50. The van der Waals surface area contributed by atoms with Crippen LogP contribution in [0, 0.1) is 0 Å². The second-order valence-electron chi connectivity index (χ2n) is 19.0. The summed E-state index contributed by atoms with van der Waals surface area (Å²) in [5, 5.41) is 23.8. The molecule has 0 aromatic carbocycles. The molecule has 0 radical (unpaired) electrons. The van der Waals surface area contributed by atoms with E-state index in [0.29, 0.717) is 19.3 Å². The van der Waals surface area contributed by atoms with Gasteiger partial charge in [0, 0.05) is 6.42 Å². The zero-order chi connectivity index (χ0) is 47.4. The lowest BCUT2D eigenvalue weighted by molar-refractivity contribution is -0.151. The summed E-state index contributed by atoms with van der Waals surface area (Å²) in [4.78, 5) is 26.2. The molecule has 0 saturated carbocycles. The van der Waals surface area contributed by atoms with Crippen molar-refractivity contribution in [2.45, 2.75) is 296 Å². The van der Waals surface area contributed by atoms with E-state index in [4.69, 9.17) is 4.74 Å². The van der Waals surface area contributed by atoms with Crippen LogP contribution in [-0.2, 0) is 14.3 Å². The molecule has 3 N–H and O–H groups in total. The molecule has 0 saturated heterocycles. The molecule has 0 aromatic rings. The molecule has 378 valence electrons. The SMILES string of the molecule is CC/C=C/C=C/C=C\C=C/CCCC(CC(=O)NC(CO)C(O)CCCCCCCCCCCCCCCCCC)OC(=O)CCCCCCCCCCC/C=C/CCCCCCCC. The third-order valence-electron chi connectivity index (χ3n) is 12.7. The smallest absolute Gasteiger partial charge is 0.306 e. The van der Waals surface area contributed by atoms with E-state index in [-0.39, 0.29) is 24.9 Å². The van der Waals surface area contributed by atoms with Gasteiger partial charge in [-0.3, -0.25) is 9.59 Å². The van der Waals surface area contributed by atoms with Crippen molar-refractivity contribution >= 4 is 11.9 Å². The topological polar surface area (TPSA) is 95.9 Å².